The molecule has 0 N–H and O–H groups in total. The molecule has 0 unspecified atom stereocenters. The van der Waals surface area contributed by atoms with Gasteiger partial charge in [0.1, 0.15) is 5.75 Å². The fraction of sp³-hybridized carbons (Fsp3) is 0.125. The lowest BCUT2D eigenvalue weighted by molar-refractivity contribution is -0.137. The summed E-state index contributed by atoms with van der Waals surface area (Å²) in [6, 6.07) is 9.31. The average molecular weight is 305 g/mol. The Balaban J connectivity index is 2.79. The third-order valence-electron chi connectivity index (χ3n) is 3.12. The van der Waals surface area contributed by atoms with Crippen LogP contribution in [0.25, 0.3) is 11.1 Å². The lowest BCUT2D eigenvalue weighted by Crippen LogP contribution is -2.08. The molecule has 0 heterocycles. The number of nitriles is 1. The van der Waals surface area contributed by atoms with Gasteiger partial charge in [-0.3, -0.25) is 4.79 Å². The molecule has 22 heavy (non-hydrogen) atoms. The SMILES string of the molecule is COc1c(C=O)cccc1-c1ccc(C#N)cc1C(F)(F)F. The predicted octanol–water partition coefficient (Wildman–Crippen LogP) is 4.07. The first-order valence-corrected chi connectivity index (χ1v) is 6.16. The zero-order valence-electron chi connectivity index (χ0n) is 11.4. The number of rotatable bonds is 3. The Morgan fingerprint density at radius 3 is 2.45 bits per heavy atom. The van der Waals surface area contributed by atoms with Crippen molar-refractivity contribution in [1.29, 1.82) is 5.26 Å². The van der Waals surface area contributed by atoms with Crippen LogP contribution in [0.3, 0.4) is 0 Å². The Morgan fingerprint density at radius 2 is 1.91 bits per heavy atom. The van der Waals surface area contributed by atoms with Gasteiger partial charge in [-0.05, 0) is 23.8 Å². The van der Waals surface area contributed by atoms with Gasteiger partial charge >= 0.3 is 6.18 Å². The van der Waals surface area contributed by atoms with Crippen LogP contribution in [-0.4, -0.2) is 13.4 Å². The third-order valence-corrected chi connectivity index (χ3v) is 3.12. The van der Waals surface area contributed by atoms with E-state index in [2.05, 4.69) is 0 Å². The van der Waals surface area contributed by atoms with E-state index in [9.17, 15) is 18.0 Å². The first-order chi connectivity index (χ1) is 10.4. The summed E-state index contributed by atoms with van der Waals surface area (Å²) in [4.78, 5) is 11.0. The molecule has 0 aliphatic heterocycles. The number of benzene rings is 2. The smallest absolute Gasteiger partial charge is 0.417 e. The summed E-state index contributed by atoms with van der Waals surface area (Å²) < 4.78 is 44.8. The molecule has 0 saturated heterocycles. The first-order valence-electron chi connectivity index (χ1n) is 6.16. The van der Waals surface area contributed by atoms with E-state index in [1.54, 1.807) is 6.07 Å². The van der Waals surface area contributed by atoms with Gasteiger partial charge in [0.25, 0.3) is 0 Å². The molecule has 6 heteroatoms. The van der Waals surface area contributed by atoms with Crippen molar-refractivity contribution in [2.24, 2.45) is 0 Å². The summed E-state index contributed by atoms with van der Waals surface area (Å²) in [6.45, 7) is 0. The molecule has 0 aliphatic rings. The summed E-state index contributed by atoms with van der Waals surface area (Å²) in [6.07, 6.45) is -4.12. The number of alkyl halides is 3. The van der Waals surface area contributed by atoms with Gasteiger partial charge in [-0.2, -0.15) is 18.4 Å². The van der Waals surface area contributed by atoms with E-state index in [0.717, 1.165) is 6.07 Å². The summed E-state index contributed by atoms with van der Waals surface area (Å²) in [7, 11) is 1.28. The second kappa shape index (κ2) is 5.90. The average Bonchev–Trinajstić information content (AvgIpc) is 2.52. The van der Waals surface area contributed by atoms with Crippen LogP contribution in [0.1, 0.15) is 21.5 Å². The Kier molecular flexibility index (Phi) is 4.18. The highest BCUT2D eigenvalue weighted by Gasteiger charge is 2.34. The molecule has 0 saturated carbocycles. The minimum atomic E-state index is -4.63. The molecule has 2 aromatic carbocycles. The van der Waals surface area contributed by atoms with Gasteiger partial charge in [-0.15, -0.1) is 0 Å². The predicted molar refractivity (Wildman–Crippen MR) is 73.5 cm³/mol. The summed E-state index contributed by atoms with van der Waals surface area (Å²) >= 11 is 0. The molecule has 0 amide bonds. The molecule has 2 aromatic rings. The second-order valence-electron chi connectivity index (χ2n) is 4.42. The zero-order valence-corrected chi connectivity index (χ0v) is 11.4. The molecular formula is C16H10F3NO2. The van der Waals surface area contributed by atoms with Crippen LogP contribution in [0.5, 0.6) is 5.75 Å². The Labute approximate surface area is 124 Å². The molecule has 3 nitrogen and oxygen atoms in total. The maximum atomic E-state index is 13.2. The van der Waals surface area contributed by atoms with Crippen molar-refractivity contribution >= 4 is 6.29 Å². The molecule has 0 fully saturated rings. The van der Waals surface area contributed by atoms with Gasteiger partial charge < -0.3 is 4.74 Å². The number of carbonyl (C=O) groups excluding carboxylic acids is 1. The monoisotopic (exact) mass is 305 g/mol. The normalized spacial score (nSPS) is 10.9. The van der Waals surface area contributed by atoms with E-state index < -0.39 is 11.7 Å². The summed E-state index contributed by atoms with van der Waals surface area (Å²) in [5.41, 5.74) is -0.900. The van der Waals surface area contributed by atoms with E-state index in [1.807, 2.05) is 0 Å². The lowest BCUT2D eigenvalue weighted by atomic mass is 9.95. The highest BCUT2D eigenvalue weighted by atomic mass is 19.4. The summed E-state index contributed by atoms with van der Waals surface area (Å²) in [5, 5.41) is 8.78. The maximum absolute atomic E-state index is 13.2. The van der Waals surface area contributed by atoms with Crippen LogP contribution in [-0.2, 0) is 6.18 Å². The Morgan fingerprint density at radius 1 is 1.18 bits per heavy atom. The van der Waals surface area contributed by atoms with E-state index >= 15 is 0 Å². The van der Waals surface area contributed by atoms with Crippen molar-refractivity contribution in [1.82, 2.24) is 0 Å². The van der Waals surface area contributed by atoms with Gasteiger partial charge in [0.05, 0.1) is 29.9 Å². The van der Waals surface area contributed by atoms with Crippen molar-refractivity contribution in [3.63, 3.8) is 0 Å². The molecule has 0 aliphatic carbocycles. The quantitative estimate of drug-likeness (QED) is 0.803. The minimum Gasteiger partial charge on any atom is -0.495 e. The van der Waals surface area contributed by atoms with Gasteiger partial charge in [-0.1, -0.05) is 18.2 Å². The van der Waals surface area contributed by atoms with Gasteiger partial charge in [0.2, 0.25) is 0 Å². The lowest BCUT2D eigenvalue weighted by Gasteiger charge is -2.16. The van der Waals surface area contributed by atoms with E-state index in [0.29, 0.717) is 6.29 Å². The number of carbonyl (C=O) groups is 1. The van der Waals surface area contributed by atoms with Crippen molar-refractivity contribution in [2.45, 2.75) is 6.18 Å². The summed E-state index contributed by atoms with van der Waals surface area (Å²) in [5.74, 6) is 0.0627. The van der Waals surface area contributed by atoms with Crippen molar-refractivity contribution in [2.75, 3.05) is 7.11 Å². The molecule has 0 spiro atoms. The minimum absolute atomic E-state index is 0.0627. The van der Waals surface area contributed by atoms with Gasteiger partial charge in [-0.25, -0.2) is 0 Å². The molecular weight excluding hydrogens is 295 g/mol. The van der Waals surface area contributed by atoms with Crippen molar-refractivity contribution in [3.8, 4) is 22.9 Å². The standard InChI is InChI=1S/C16H10F3NO2/c1-22-15-11(9-21)3-2-4-13(15)12-6-5-10(8-20)7-14(12)16(17,18)19/h2-7,9H,1H3. The fourth-order valence-electron chi connectivity index (χ4n) is 2.17. The molecule has 0 atom stereocenters. The molecule has 112 valence electrons. The molecule has 2 rings (SSSR count). The van der Waals surface area contributed by atoms with E-state index in [4.69, 9.17) is 10.00 Å². The molecule has 0 aromatic heterocycles. The van der Waals surface area contributed by atoms with Crippen LogP contribution >= 0.6 is 0 Å². The largest absolute Gasteiger partial charge is 0.495 e. The van der Waals surface area contributed by atoms with Crippen molar-refractivity contribution < 1.29 is 22.7 Å². The van der Waals surface area contributed by atoms with Crippen LogP contribution < -0.4 is 4.74 Å². The number of para-hydroxylation sites is 1. The first kappa shape index (κ1) is 15.6. The van der Waals surface area contributed by atoms with Crippen LogP contribution in [0.15, 0.2) is 36.4 Å². The van der Waals surface area contributed by atoms with E-state index in [-0.39, 0.29) is 28.0 Å². The van der Waals surface area contributed by atoms with E-state index in [1.165, 1.54) is 37.4 Å². The number of aldehydes is 1. The highest BCUT2D eigenvalue weighted by Crippen LogP contribution is 2.41. The molecule has 0 radical (unpaired) electrons. The number of ether oxygens (including phenoxy) is 1. The number of hydrogen-bond acceptors (Lipinski definition) is 3. The van der Waals surface area contributed by atoms with Crippen LogP contribution in [0.2, 0.25) is 0 Å². The topological polar surface area (TPSA) is 50.1 Å². The Bertz CT molecular complexity index is 761. The number of nitrogens with zero attached hydrogens (tertiary/aromatic N) is 1. The third kappa shape index (κ3) is 2.79. The van der Waals surface area contributed by atoms with Crippen molar-refractivity contribution in [3.05, 3.63) is 53.1 Å². The number of halogens is 3. The second-order valence-corrected chi connectivity index (χ2v) is 4.42. The van der Waals surface area contributed by atoms with Crippen LogP contribution in [0, 0.1) is 11.3 Å². The molecule has 0 bridgehead atoms. The highest BCUT2D eigenvalue weighted by molar-refractivity contribution is 5.87. The van der Waals surface area contributed by atoms with Crippen LogP contribution in [0.4, 0.5) is 13.2 Å². The fourth-order valence-corrected chi connectivity index (χ4v) is 2.17. The van der Waals surface area contributed by atoms with Gasteiger partial charge in [0, 0.05) is 5.56 Å². The zero-order chi connectivity index (χ0) is 16.3. The number of methoxy groups -OCH3 is 1. The Hall–Kier alpha value is -2.81. The maximum Gasteiger partial charge on any atom is 0.417 e. The number of hydrogen-bond donors (Lipinski definition) is 0. The van der Waals surface area contributed by atoms with Gasteiger partial charge in [0.15, 0.2) is 6.29 Å².